The molecule has 4 rings (SSSR count). The van der Waals surface area contributed by atoms with Crippen LogP contribution in [0.4, 0.5) is 11.5 Å². The number of nitrogens with one attached hydrogen (secondary N) is 1. The smallest absolute Gasteiger partial charge is 0.280 e. The van der Waals surface area contributed by atoms with Crippen molar-refractivity contribution < 1.29 is 24.0 Å². The van der Waals surface area contributed by atoms with Gasteiger partial charge in [-0.05, 0) is 36.8 Å². The Morgan fingerprint density at radius 3 is 2.44 bits per heavy atom. The number of carbonyl (C=O) groups is 2. The Kier molecular flexibility index (Phi) is 5.73. The molecule has 1 aliphatic heterocycles. The minimum Gasteiger partial charge on any atom is -0.493 e. The second-order valence-electron chi connectivity index (χ2n) is 7.56. The van der Waals surface area contributed by atoms with Gasteiger partial charge in [-0.15, -0.1) is 0 Å². The highest BCUT2D eigenvalue weighted by Crippen LogP contribution is 2.44. The van der Waals surface area contributed by atoms with E-state index in [1.54, 1.807) is 25.1 Å². The van der Waals surface area contributed by atoms with Gasteiger partial charge in [0.2, 0.25) is 5.91 Å². The van der Waals surface area contributed by atoms with Gasteiger partial charge in [0.25, 0.3) is 11.6 Å². The predicted octanol–water partition coefficient (Wildman–Crippen LogP) is 3.03. The summed E-state index contributed by atoms with van der Waals surface area (Å²) in [6, 6.07) is 12.2. The van der Waals surface area contributed by atoms with Gasteiger partial charge < -0.3 is 14.8 Å². The van der Waals surface area contributed by atoms with E-state index < -0.39 is 28.6 Å². The first-order valence-electron chi connectivity index (χ1n) is 10.1. The maximum Gasteiger partial charge on any atom is 0.280 e. The third kappa shape index (κ3) is 3.61. The number of non-ortho nitro benzene ring substituents is 1. The summed E-state index contributed by atoms with van der Waals surface area (Å²) >= 11 is 0. The van der Waals surface area contributed by atoms with Crippen molar-refractivity contribution in [1.29, 1.82) is 5.26 Å². The zero-order valence-electron chi connectivity index (χ0n) is 18.4. The van der Waals surface area contributed by atoms with Crippen molar-refractivity contribution in [3.63, 3.8) is 0 Å². The molecule has 0 aliphatic carbocycles. The van der Waals surface area contributed by atoms with Crippen LogP contribution in [0.5, 0.6) is 11.5 Å². The van der Waals surface area contributed by atoms with E-state index in [1.165, 1.54) is 38.5 Å². The molecule has 3 aromatic rings. The number of anilines is 1. The van der Waals surface area contributed by atoms with Crippen molar-refractivity contribution >= 4 is 23.3 Å². The zero-order chi connectivity index (χ0) is 24.6. The maximum atomic E-state index is 13.2. The molecule has 2 aromatic carbocycles. The number of methoxy groups -OCH3 is 2. The Labute approximate surface area is 193 Å². The molecular formula is C23H19N5O6. The minimum absolute atomic E-state index is 0.148. The first kappa shape index (κ1) is 22.5. The largest absolute Gasteiger partial charge is 0.493 e. The molecule has 0 spiro atoms. The summed E-state index contributed by atoms with van der Waals surface area (Å²) < 4.78 is 11.7. The van der Waals surface area contributed by atoms with Crippen LogP contribution in [0, 0.1) is 34.3 Å². The summed E-state index contributed by atoms with van der Waals surface area (Å²) in [6.07, 6.45) is 0. The number of nitro benzene ring substituents is 1. The number of hydrogen-bond donors (Lipinski definition) is 1. The molecule has 11 nitrogen and oxygen atoms in total. The average molecular weight is 461 g/mol. The number of amides is 1. The Morgan fingerprint density at radius 2 is 1.85 bits per heavy atom. The average Bonchev–Trinajstić information content (AvgIpc) is 3.17. The van der Waals surface area contributed by atoms with E-state index in [-0.39, 0.29) is 17.1 Å². The summed E-state index contributed by atoms with van der Waals surface area (Å²) in [5.41, 5.74) is 1.58. The van der Waals surface area contributed by atoms with Crippen LogP contribution in [-0.2, 0) is 4.79 Å². The first-order chi connectivity index (χ1) is 16.3. The number of hydrogen-bond acceptors (Lipinski definition) is 8. The number of aryl methyl sites for hydroxylation is 1. The van der Waals surface area contributed by atoms with Gasteiger partial charge in [0.1, 0.15) is 11.7 Å². The Balaban J connectivity index is 1.84. The summed E-state index contributed by atoms with van der Waals surface area (Å²) in [4.78, 5) is 36.4. The van der Waals surface area contributed by atoms with E-state index >= 15 is 0 Å². The molecule has 172 valence electrons. The number of nitro groups is 1. The second kappa shape index (κ2) is 8.67. The molecule has 1 amide bonds. The van der Waals surface area contributed by atoms with Crippen molar-refractivity contribution in [2.45, 2.75) is 12.8 Å². The van der Waals surface area contributed by atoms with Crippen LogP contribution in [0.1, 0.15) is 33.1 Å². The third-order valence-electron chi connectivity index (χ3n) is 5.70. The normalized spacial score (nSPS) is 16.7. The highest BCUT2D eigenvalue weighted by atomic mass is 16.6. The van der Waals surface area contributed by atoms with Crippen molar-refractivity contribution in [2.75, 3.05) is 19.5 Å². The second-order valence-corrected chi connectivity index (χ2v) is 7.56. The summed E-state index contributed by atoms with van der Waals surface area (Å²) in [6.45, 7) is 1.68. The van der Waals surface area contributed by atoms with Crippen molar-refractivity contribution in [3.8, 4) is 17.6 Å². The van der Waals surface area contributed by atoms with Crippen LogP contribution < -0.4 is 14.8 Å². The lowest BCUT2D eigenvalue weighted by atomic mass is 9.78. The molecule has 1 N–H and O–H groups in total. The van der Waals surface area contributed by atoms with Gasteiger partial charge in [-0.25, -0.2) is 0 Å². The molecule has 1 aliphatic rings. The van der Waals surface area contributed by atoms with Gasteiger partial charge in [-0.2, -0.15) is 15.0 Å². The fourth-order valence-corrected chi connectivity index (χ4v) is 4.08. The van der Waals surface area contributed by atoms with Crippen LogP contribution >= 0.6 is 0 Å². The SMILES string of the molecule is COc1ccc(C2c3c(C)nn(C(=O)c4ccc([N+](=O)[O-])cc4)c3NC(=O)C2C#N)cc1OC. The van der Waals surface area contributed by atoms with Crippen molar-refractivity contribution in [3.05, 3.63) is 75.0 Å². The number of fused-ring (bicyclic) bond motifs is 1. The third-order valence-corrected chi connectivity index (χ3v) is 5.70. The highest BCUT2D eigenvalue weighted by molar-refractivity contribution is 6.03. The van der Waals surface area contributed by atoms with Crippen LogP contribution in [0.15, 0.2) is 42.5 Å². The van der Waals surface area contributed by atoms with Gasteiger partial charge in [-0.3, -0.25) is 19.7 Å². The van der Waals surface area contributed by atoms with Crippen LogP contribution in [-0.4, -0.2) is 40.7 Å². The Bertz CT molecular complexity index is 1360. The van der Waals surface area contributed by atoms with Crippen molar-refractivity contribution in [2.24, 2.45) is 5.92 Å². The van der Waals surface area contributed by atoms with Gasteiger partial charge >= 0.3 is 0 Å². The zero-order valence-corrected chi connectivity index (χ0v) is 18.4. The molecular weight excluding hydrogens is 442 g/mol. The van der Waals surface area contributed by atoms with Gasteiger partial charge in [-0.1, -0.05) is 6.07 Å². The summed E-state index contributed by atoms with van der Waals surface area (Å²) in [5, 5.41) is 27.7. The van der Waals surface area contributed by atoms with E-state index in [0.29, 0.717) is 28.3 Å². The standard InChI is InChI=1S/C23H19N5O6/c1-12-19-20(14-6-9-17(33-2)18(10-14)34-3)16(11-24)22(29)25-21(19)27(26-12)23(30)13-4-7-15(8-5-13)28(31)32/h4-10,16,20H,1-3H3,(H,25,29). The number of rotatable bonds is 5. The van der Waals surface area contributed by atoms with Crippen LogP contribution in [0.3, 0.4) is 0 Å². The molecule has 0 saturated carbocycles. The van der Waals surface area contributed by atoms with Gasteiger partial charge in [0, 0.05) is 29.2 Å². The minimum atomic E-state index is -1.07. The first-order valence-corrected chi connectivity index (χ1v) is 10.1. The number of carbonyl (C=O) groups excluding carboxylic acids is 2. The summed E-state index contributed by atoms with van der Waals surface area (Å²) in [5.74, 6) is -1.88. The topological polar surface area (TPSA) is 149 Å². The number of aromatic nitrogens is 2. The Hall–Kier alpha value is -4.72. The molecule has 0 saturated heterocycles. The number of nitriles is 1. The van der Waals surface area contributed by atoms with E-state index in [0.717, 1.165) is 4.68 Å². The molecule has 0 bridgehead atoms. The van der Waals surface area contributed by atoms with E-state index in [2.05, 4.69) is 16.5 Å². The molecule has 2 heterocycles. The molecule has 1 aromatic heterocycles. The van der Waals surface area contributed by atoms with Crippen molar-refractivity contribution in [1.82, 2.24) is 9.78 Å². The molecule has 2 atom stereocenters. The van der Waals surface area contributed by atoms with Gasteiger partial charge in [0.05, 0.1) is 30.9 Å². The summed E-state index contributed by atoms with van der Waals surface area (Å²) in [7, 11) is 2.98. The molecule has 11 heteroatoms. The predicted molar refractivity (Wildman–Crippen MR) is 119 cm³/mol. The highest BCUT2D eigenvalue weighted by Gasteiger charge is 2.42. The van der Waals surface area contributed by atoms with E-state index in [1.807, 2.05) is 0 Å². The number of ether oxygens (including phenoxy) is 2. The monoisotopic (exact) mass is 461 g/mol. The number of nitrogens with zero attached hydrogens (tertiary/aromatic N) is 4. The van der Waals surface area contributed by atoms with Crippen LogP contribution in [0.25, 0.3) is 0 Å². The van der Waals surface area contributed by atoms with E-state index in [4.69, 9.17) is 9.47 Å². The Morgan fingerprint density at radius 1 is 1.18 bits per heavy atom. The lowest BCUT2D eigenvalue weighted by Gasteiger charge is -2.28. The maximum absolute atomic E-state index is 13.2. The van der Waals surface area contributed by atoms with Crippen LogP contribution in [0.2, 0.25) is 0 Å². The lowest BCUT2D eigenvalue weighted by molar-refractivity contribution is -0.384. The number of benzene rings is 2. The van der Waals surface area contributed by atoms with E-state index in [9.17, 15) is 25.0 Å². The quantitative estimate of drug-likeness (QED) is 0.450. The fourth-order valence-electron chi connectivity index (χ4n) is 4.08. The molecule has 0 radical (unpaired) electrons. The fraction of sp³-hybridized carbons (Fsp3) is 0.217. The molecule has 2 unspecified atom stereocenters. The van der Waals surface area contributed by atoms with Gasteiger partial charge in [0.15, 0.2) is 11.5 Å². The molecule has 0 fully saturated rings. The lowest BCUT2D eigenvalue weighted by Crippen LogP contribution is -2.35. The molecule has 34 heavy (non-hydrogen) atoms.